The number of hydrogen-bond acceptors (Lipinski definition) is 6. The Bertz CT molecular complexity index is 966. The van der Waals surface area contributed by atoms with Crippen molar-refractivity contribution in [3.8, 4) is 5.75 Å². The van der Waals surface area contributed by atoms with Crippen LogP contribution in [0.15, 0.2) is 24.3 Å². The second-order valence-corrected chi connectivity index (χ2v) is 8.38. The maximum Gasteiger partial charge on any atom is 0.138 e. The van der Waals surface area contributed by atoms with Gasteiger partial charge in [-0.2, -0.15) is 0 Å². The lowest BCUT2D eigenvalue weighted by Gasteiger charge is -2.26. The van der Waals surface area contributed by atoms with Crippen molar-refractivity contribution in [2.75, 3.05) is 33.1 Å². The SMILES string of the molecule is COc1cccc(C(CNc2nc(C)nc3sc4c(c23)CCC4)N(C)C)c1. The van der Waals surface area contributed by atoms with Gasteiger partial charge in [-0.15, -0.1) is 11.3 Å². The molecule has 1 atom stereocenters. The third kappa shape index (κ3) is 3.51. The zero-order valence-corrected chi connectivity index (χ0v) is 17.2. The van der Waals surface area contributed by atoms with Crippen molar-refractivity contribution < 1.29 is 4.74 Å². The number of benzene rings is 1. The Morgan fingerprint density at radius 3 is 2.89 bits per heavy atom. The molecule has 0 aliphatic heterocycles. The zero-order chi connectivity index (χ0) is 19.0. The largest absolute Gasteiger partial charge is 0.497 e. The topological polar surface area (TPSA) is 50.3 Å². The van der Waals surface area contributed by atoms with Crippen LogP contribution >= 0.6 is 11.3 Å². The highest BCUT2D eigenvalue weighted by Crippen LogP contribution is 2.39. The van der Waals surface area contributed by atoms with E-state index in [2.05, 4.69) is 41.4 Å². The molecule has 1 aliphatic rings. The Balaban J connectivity index is 1.65. The van der Waals surface area contributed by atoms with Gasteiger partial charge in [-0.05, 0) is 63.5 Å². The quantitative estimate of drug-likeness (QED) is 0.692. The fraction of sp³-hybridized carbons (Fsp3) is 0.429. The van der Waals surface area contributed by atoms with Crippen molar-refractivity contribution in [2.45, 2.75) is 32.2 Å². The highest BCUT2D eigenvalue weighted by Gasteiger charge is 2.23. The molecule has 2 aromatic heterocycles. The molecule has 27 heavy (non-hydrogen) atoms. The lowest BCUT2D eigenvalue weighted by Crippen LogP contribution is -2.27. The first-order chi connectivity index (χ1) is 13.1. The number of aryl methyl sites for hydroxylation is 3. The van der Waals surface area contributed by atoms with Crippen molar-refractivity contribution in [1.82, 2.24) is 14.9 Å². The lowest BCUT2D eigenvalue weighted by atomic mass is 10.1. The highest BCUT2D eigenvalue weighted by atomic mass is 32.1. The molecule has 0 spiro atoms. The van der Waals surface area contributed by atoms with Crippen molar-refractivity contribution in [3.63, 3.8) is 0 Å². The van der Waals surface area contributed by atoms with Crippen molar-refractivity contribution in [2.24, 2.45) is 0 Å². The van der Waals surface area contributed by atoms with E-state index >= 15 is 0 Å². The summed E-state index contributed by atoms with van der Waals surface area (Å²) in [5.41, 5.74) is 2.68. The first-order valence-electron chi connectivity index (χ1n) is 9.40. The third-order valence-corrected chi connectivity index (χ3v) is 6.43. The van der Waals surface area contributed by atoms with Crippen LogP contribution in [-0.4, -0.2) is 42.6 Å². The molecule has 0 amide bonds. The first-order valence-corrected chi connectivity index (χ1v) is 10.2. The Morgan fingerprint density at radius 1 is 1.26 bits per heavy atom. The van der Waals surface area contributed by atoms with Gasteiger partial charge in [0.05, 0.1) is 18.5 Å². The predicted molar refractivity (Wildman–Crippen MR) is 112 cm³/mol. The molecule has 1 unspecified atom stereocenters. The summed E-state index contributed by atoms with van der Waals surface area (Å²) in [6.45, 7) is 2.75. The van der Waals surface area contributed by atoms with Gasteiger partial charge in [-0.25, -0.2) is 9.97 Å². The molecular formula is C21H26N4OS. The number of aromatic nitrogens is 2. The molecule has 6 heteroatoms. The molecule has 4 rings (SSSR count). The average Bonchev–Trinajstić information content (AvgIpc) is 3.22. The average molecular weight is 383 g/mol. The molecule has 1 aliphatic carbocycles. The van der Waals surface area contributed by atoms with Gasteiger partial charge < -0.3 is 15.0 Å². The van der Waals surface area contributed by atoms with E-state index in [1.165, 1.54) is 34.2 Å². The molecule has 1 N–H and O–H groups in total. The number of methoxy groups -OCH3 is 1. The van der Waals surface area contributed by atoms with E-state index < -0.39 is 0 Å². The number of thiophene rings is 1. The summed E-state index contributed by atoms with van der Waals surface area (Å²) in [5.74, 6) is 2.69. The van der Waals surface area contributed by atoms with E-state index in [4.69, 9.17) is 9.72 Å². The van der Waals surface area contributed by atoms with Crippen molar-refractivity contribution >= 4 is 27.4 Å². The summed E-state index contributed by atoms with van der Waals surface area (Å²) in [6.07, 6.45) is 3.57. The smallest absolute Gasteiger partial charge is 0.138 e. The Labute approximate surface area is 164 Å². The summed E-state index contributed by atoms with van der Waals surface area (Å²) in [6, 6.07) is 8.50. The summed E-state index contributed by atoms with van der Waals surface area (Å²) in [5, 5.41) is 4.87. The lowest BCUT2D eigenvalue weighted by molar-refractivity contribution is 0.310. The van der Waals surface area contributed by atoms with Gasteiger partial charge in [0, 0.05) is 11.4 Å². The van der Waals surface area contributed by atoms with Crippen LogP contribution in [0.3, 0.4) is 0 Å². The van der Waals surface area contributed by atoms with Crippen LogP contribution < -0.4 is 10.1 Å². The molecule has 0 radical (unpaired) electrons. The number of likely N-dealkylation sites (N-methyl/N-ethyl adjacent to an activating group) is 1. The summed E-state index contributed by atoms with van der Waals surface area (Å²) >= 11 is 1.84. The molecule has 142 valence electrons. The number of fused-ring (bicyclic) bond motifs is 3. The van der Waals surface area contributed by atoms with Crippen LogP contribution in [0, 0.1) is 6.92 Å². The maximum absolute atomic E-state index is 5.40. The molecule has 3 aromatic rings. The monoisotopic (exact) mass is 382 g/mol. The van der Waals surface area contributed by atoms with Crippen LogP contribution in [0.1, 0.15) is 34.3 Å². The van der Waals surface area contributed by atoms with Crippen LogP contribution in [0.5, 0.6) is 5.75 Å². The van der Waals surface area contributed by atoms with E-state index in [1.807, 2.05) is 30.4 Å². The number of ether oxygens (including phenoxy) is 1. The fourth-order valence-corrected chi connectivity index (χ4v) is 5.18. The Hall–Kier alpha value is -2.18. The van der Waals surface area contributed by atoms with Gasteiger partial charge in [0.2, 0.25) is 0 Å². The molecule has 0 fully saturated rings. The minimum Gasteiger partial charge on any atom is -0.497 e. The molecule has 0 saturated carbocycles. The van der Waals surface area contributed by atoms with Crippen molar-refractivity contribution in [3.05, 3.63) is 46.1 Å². The molecule has 2 heterocycles. The number of hydrogen-bond donors (Lipinski definition) is 1. The van der Waals surface area contributed by atoms with Gasteiger partial charge in [-0.1, -0.05) is 12.1 Å². The molecule has 5 nitrogen and oxygen atoms in total. The third-order valence-electron chi connectivity index (χ3n) is 5.24. The van der Waals surface area contributed by atoms with E-state index in [9.17, 15) is 0 Å². The van der Waals surface area contributed by atoms with E-state index in [1.54, 1.807) is 7.11 Å². The second kappa shape index (κ2) is 7.44. The standard InChI is InChI=1S/C21H26N4OS/c1-13-23-20(19-16-9-6-10-18(16)27-21(19)24-13)22-12-17(25(2)3)14-7-5-8-15(11-14)26-4/h5,7-8,11,17H,6,9-10,12H2,1-4H3,(H,22,23,24). The maximum atomic E-state index is 5.40. The molecule has 0 saturated heterocycles. The Kier molecular flexibility index (Phi) is 5.02. The van der Waals surface area contributed by atoms with Gasteiger partial charge >= 0.3 is 0 Å². The normalized spacial score (nSPS) is 14.6. The van der Waals surface area contributed by atoms with Gasteiger partial charge in [0.15, 0.2) is 0 Å². The van der Waals surface area contributed by atoms with Gasteiger partial charge in [0.25, 0.3) is 0 Å². The number of anilines is 1. The van der Waals surface area contributed by atoms with Crippen LogP contribution in [-0.2, 0) is 12.8 Å². The van der Waals surface area contributed by atoms with E-state index in [0.29, 0.717) is 0 Å². The number of nitrogens with zero attached hydrogens (tertiary/aromatic N) is 3. The molecule has 0 bridgehead atoms. The fourth-order valence-electron chi connectivity index (χ4n) is 3.87. The minimum atomic E-state index is 0.220. The van der Waals surface area contributed by atoms with E-state index in [0.717, 1.165) is 35.2 Å². The second-order valence-electron chi connectivity index (χ2n) is 7.29. The molecular weight excluding hydrogens is 356 g/mol. The van der Waals surface area contributed by atoms with Crippen LogP contribution in [0.25, 0.3) is 10.2 Å². The zero-order valence-electron chi connectivity index (χ0n) is 16.4. The summed E-state index contributed by atoms with van der Waals surface area (Å²) < 4.78 is 5.40. The Morgan fingerprint density at radius 2 is 2.11 bits per heavy atom. The number of nitrogens with one attached hydrogen (secondary N) is 1. The molecule has 1 aromatic carbocycles. The summed E-state index contributed by atoms with van der Waals surface area (Å²) in [7, 11) is 5.92. The van der Waals surface area contributed by atoms with E-state index in [-0.39, 0.29) is 6.04 Å². The van der Waals surface area contributed by atoms with Gasteiger partial charge in [-0.3, -0.25) is 0 Å². The first kappa shape index (κ1) is 18.2. The van der Waals surface area contributed by atoms with Crippen molar-refractivity contribution in [1.29, 1.82) is 0 Å². The summed E-state index contributed by atoms with van der Waals surface area (Å²) in [4.78, 5) is 14.3. The van der Waals surface area contributed by atoms with Gasteiger partial charge in [0.1, 0.15) is 22.2 Å². The number of rotatable bonds is 6. The van der Waals surface area contributed by atoms with Crippen LogP contribution in [0.4, 0.5) is 5.82 Å². The minimum absolute atomic E-state index is 0.220. The van der Waals surface area contributed by atoms with Crippen LogP contribution in [0.2, 0.25) is 0 Å². The highest BCUT2D eigenvalue weighted by molar-refractivity contribution is 7.19. The predicted octanol–water partition coefficient (Wildman–Crippen LogP) is 4.21.